The zero-order valence-corrected chi connectivity index (χ0v) is 12.6. The van der Waals surface area contributed by atoms with Crippen molar-refractivity contribution in [3.8, 4) is 0 Å². The van der Waals surface area contributed by atoms with E-state index in [1.807, 2.05) is 6.92 Å². The summed E-state index contributed by atoms with van der Waals surface area (Å²) in [6.45, 7) is 6.04. The van der Waals surface area contributed by atoms with E-state index >= 15 is 0 Å². The Balaban J connectivity index is 1.81. The lowest BCUT2D eigenvalue weighted by Gasteiger charge is -2.33. The number of nitrogens with one attached hydrogen (secondary N) is 1. The Kier molecular flexibility index (Phi) is 5.09. The number of rotatable bonds is 5. The zero-order chi connectivity index (χ0) is 13.7. The minimum absolute atomic E-state index is 0.409. The first kappa shape index (κ1) is 14.6. The standard InChI is InChI=1S/C12H19BrN4O2/c1-12(18,9-17-2-4-19-5-3-17)8-16-11-14-6-10(13)7-15-11/h6-7,18H,2-5,8-9H2,1H3,(H,14,15,16)/t12-/m1/s1. The van der Waals surface area contributed by atoms with E-state index in [1.165, 1.54) is 0 Å². The lowest BCUT2D eigenvalue weighted by molar-refractivity contribution is -0.0164. The number of hydrogen-bond donors (Lipinski definition) is 2. The first-order valence-corrected chi connectivity index (χ1v) is 7.08. The van der Waals surface area contributed by atoms with Gasteiger partial charge >= 0.3 is 0 Å². The maximum Gasteiger partial charge on any atom is 0.222 e. The van der Waals surface area contributed by atoms with Crippen molar-refractivity contribution in [2.45, 2.75) is 12.5 Å². The van der Waals surface area contributed by atoms with E-state index in [1.54, 1.807) is 12.4 Å². The predicted molar refractivity (Wildman–Crippen MR) is 76.1 cm³/mol. The topological polar surface area (TPSA) is 70.5 Å². The number of nitrogens with zero attached hydrogens (tertiary/aromatic N) is 3. The molecule has 0 radical (unpaired) electrons. The van der Waals surface area contributed by atoms with Gasteiger partial charge in [-0.2, -0.15) is 0 Å². The van der Waals surface area contributed by atoms with E-state index in [0.717, 1.165) is 30.8 Å². The average Bonchev–Trinajstić information content (AvgIpc) is 2.39. The number of aromatic nitrogens is 2. The van der Waals surface area contributed by atoms with Gasteiger partial charge in [0.2, 0.25) is 5.95 Å². The van der Waals surface area contributed by atoms with Crippen molar-refractivity contribution in [3.05, 3.63) is 16.9 Å². The molecule has 106 valence electrons. The molecule has 0 aromatic carbocycles. The highest BCUT2D eigenvalue weighted by molar-refractivity contribution is 9.10. The number of aliphatic hydroxyl groups is 1. The smallest absolute Gasteiger partial charge is 0.222 e. The van der Waals surface area contributed by atoms with Crippen LogP contribution in [0.25, 0.3) is 0 Å². The first-order valence-electron chi connectivity index (χ1n) is 6.29. The van der Waals surface area contributed by atoms with Crippen molar-refractivity contribution in [1.29, 1.82) is 0 Å². The van der Waals surface area contributed by atoms with E-state index in [4.69, 9.17) is 4.74 Å². The Morgan fingerprint density at radius 2 is 2.05 bits per heavy atom. The highest BCUT2D eigenvalue weighted by Gasteiger charge is 2.25. The molecule has 1 fully saturated rings. The van der Waals surface area contributed by atoms with Crippen LogP contribution >= 0.6 is 15.9 Å². The molecule has 7 heteroatoms. The summed E-state index contributed by atoms with van der Waals surface area (Å²) in [6, 6.07) is 0. The molecule has 1 atom stereocenters. The summed E-state index contributed by atoms with van der Waals surface area (Å²) >= 11 is 3.28. The molecule has 1 saturated heterocycles. The molecule has 6 nitrogen and oxygen atoms in total. The molecule has 0 spiro atoms. The normalized spacial score (nSPS) is 19.9. The number of hydrogen-bond acceptors (Lipinski definition) is 6. The number of halogens is 1. The fraction of sp³-hybridized carbons (Fsp3) is 0.667. The summed E-state index contributed by atoms with van der Waals surface area (Å²) in [5, 5.41) is 13.4. The van der Waals surface area contributed by atoms with Gasteiger partial charge in [-0.1, -0.05) is 0 Å². The molecule has 1 aromatic rings. The van der Waals surface area contributed by atoms with E-state index in [-0.39, 0.29) is 0 Å². The van der Waals surface area contributed by atoms with E-state index < -0.39 is 5.60 Å². The van der Waals surface area contributed by atoms with Crippen molar-refractivity contribution in [2.75, 3.05) is 44.7 Å². The van der Waals surface area contributed by atoms with Crippen molar-refractivity contribution < 1.29 is 9.84 Å². The fourth-order valence-electron chi connectivity index (χ4n) is 1.97. The van der Waals surface area contributed by atoms with Gasteiger partial charge in [0.15, 0.2) is 0 Å². The molecular weight excluding hydrogens is 312 g/mol. The van der Waals surface area contributed by atoms with Gasteiger partial charge in [-0.05, 0) is 22.9 Å². The van der Waals surface area contributed by atoms with Gasteiger partial charge in [0.05, 0.1) is 23.3 Å². The maximum absolute atomic E-state index is 10.4. The molecule has 1 aliphatic rings. The van der Waals surface area contributed by atoms with Crippen LogP contribution in [0.1, 0.15) is 6.92 Å². The summed E-state index contributed by atoms with van der Waals surface area (Å²) < 4.78 is 6.12. The molecule has 1 aromatic heterocycles. The summed E-state index contributed by atoms with van der Waals surface area (Å²) in [4.78, 5) is 10.4. The van der Waals surface area contributed by atoms with Gasteiger partial charge < -0.3 is 15.2 Å². The highest BCUT2D eigenvalue weighted by atomic mass is 79.9. The summed E-state index contributed by atoms with van der Waals surface area (Å²) in [7, 11) is 0. The minimum Gasteiger partial charge on any atom is -0.387 e. The molecule has 0 aliphatic carbocycles. The summed E-state index contributed by atoms with van der Waals surface area (Å²) in [6.07, 6.45) is 3.35. The van der Waals surface area contributed by atoms with Gasteiger partial charge in [0.1, 0.15) is 0 Å². The lowest BCUT2D eigenvalue weighted by Crippen LogP contribution is -2.49. The van der Waals surface area contributed by atoms with Crippen molar-refractivity contribution in [3.63, 3.8) is 0 Å². The van der Waals surface area contributed by atoms with Gasteiger partial charge in [0, 0.05) is 38.6 Å². The molecule has 0 unspecified atom stereocenters. The third-order valence-corrected chi connectivity index (χ3v) is 3.33. The largest absolute Gasteiger partial charge is 0.387 e. The highest BCUT2D eigenvalue weighted by Crippen LogP contribution is 2.11. The van der Waals surface area contributed by atoms with E-state index in [0.29, 0.717) is 19.0 Å². The second-order valence-electron chi connectivity index (χ2n) is 4.96. The van der Waals surface area contributed by atoms with Crippen LogP contribution in [-0.2, 0) is 4.74 Å². The third-order valence-electron chi connectivity index (χ3n) is 2.92. The molecule has 0 amide bonds. The van der Waals surface area contributed by atoms with Gasteiger partial charge in [-0.3, -0.25) is 4.90 Å². The van der Waals surface area contributed by atoms with Crippen molar-refractivity contribution in [2.24, 2.45) is 0 Å². The molecule has 0 saturated carbocycles. The van der Waals surface area contributed by atoms with Crippen LogP contribution in [-0.4, -0.2) is 65.0 Å². The predicted octanol–water partition coefficient (Wildman–Crippen LogP) is 0.734. The number of anilines is 1. The quantitative estimate of drug-likeness (QED) is 0.829. The van der Waals surface area contributed by atoms with Crippen LogP contribution in [0.15, 0.2) is 16.9 Å². The second-order valence-corrected chi connectivity index (χ2v) is 5.88. The third kappa shape index (κ3) is 5.02. The molecule has 2 rings (SSSR count). The van der Waals surface area contributed by atoms with Crippen molar-refractivity contribution >= 4 is 21.9 Å². The summed E-state index contributed by atoms with van der Waals surface area (Å²) in [5.41, 5.74) is -0.826. The lowest BCUT2D eigenvalue weighted by atomic mass is 10.1. The van der Waals surface area contributed by atoms with Crippen LogP contribution < -0.4 is 5.32 Å². The van der Waals surface area contributed by atoms with E-state index in [9.17, 15) is 5.11 Å². The Labute approximate surface area is 121 Å². The van der Waals surface area contributed by atoms with Crippen LogP contribution in [0, 0.1) is 0 Å². The average molecular weight is 331 g/mol. The van der Waals surface area contributed by atoms with Crippen LogP contribution in [0.5, 0.6) is 0 Å². The Morgan fingerprint density at radius 3 is 2.68 bits per heavy atom. The number of β-amino-alcohol motifs (C(OH)–C–C–N with tert-alkyl or cyclic N) is 1. The first-order chi connectivity index (χ1) is 9.05. The Morgan fingerprint density at radius 1 is 1.42 bits per heavy atom. The van der Waals surface area contributed by atoms with Crippen LogP contribution in [0.4, 0.5) is 5.95 Å². The van der Waals surface area contributed by atoms with Crippen LogP contribution in [0.3, 0.4) is 0 Å². The molecule has 19 heavy (non-hydrogen) atoms. The Bertz CT molecular complexity index is 393. The van der Waals surface area contributed by atoms with Crippen LogP contribution in [0.2, 0.25) is 0 Å². The van der Waals surface area contributed by atoms with Gasteiger partial charge in [-0.15, -0.1) is 0 Å². The number of morpholine rings is 1. The zero-order valence-electron chi connectivity index (χ0n) is 11.0. The Hall–Kier alpha value is -0.760. The molecule has 2 heterocycles. The van der Waals surface area contributed by atoms with Gasteiger partial charge in [-0.25, -0.2) is 9.97 Å². The summed E-state index contributed by atoms with van der Waals surface area (Å²) in [5.74, 6) is 0.519. The molecule has 2 N–H and O–H groups in total. The minimum atomic E-state index is -0.826. The van der Waals surface area contributed by atoms with E-state index in [2.05, 4.69) is 36.1 Å². The maximum atomic E-state index is 10.4. The monoisotopic (exact) mass is 330 g/mol. The molecular formula is C12H19BrN4O2. The van der Waals surface area contributed by atoms with Gasteiger partial charge in [0.25, 0.3) is 0 Å². The SMILES string of the molecule is C[C@@](O)(CNc1ncc(Br)cn1)CN1CCOCC1. The number of ether oxygens (including phenoxy) is 1. The molecule has 0 bridgehead atoms. The second kappa shape index (κ2) is 6.60. The fourth-order valence-corrected chi connectivity index (χ4v) is 2.17. The van der Waals surface area contributed by atoms with Crippen molar-refractivity contribution in [1.82, 2.24) is 14.9 Å². The molecule has 1 aliphatic heterocycles.